The van der Waals surface area contributed by atoms with Crippen LogP contribution in [0.25, 0.3) is 0 Å². The number of amides is 1. The van der Waals surface area contributed by atoms with Gasteiger partial charge in [0, 0.05) is 26.2 Å². The number of carbonyl (C=O) groups excluding carboxylic acids is 1. The molecule has 0 radical (unpaired) electrons. The highest BCUT2D eigenvalue weighted by molar-refractivity contribution is 7.86. The van der Waals surface area contributed by atoms with Gasteiger partial charge in [0.2, 0.25) is 5.91 Å². The molecule has 1 heterocycles. The van der Waals surface area contributed by atoms with Crippen LogP contribution in [0.1, 0.15) is 36.5 Å². The third kappa shape index (κ3) is 4.55. The fourth-order valence-corrected chi connectivity index (χ4v) is 4.41. The standard InChI is InChI=1S/C17H27N3O3S/c1-4-8-18-17(21)13-20-10-5-9-19(24(20,22)23)12-16-11-14(2)6-7-15(16)3/h6-7,11H,4-5,8-10,12-13H2,1-3H3,(H,18,21). The molecule has 134 valence electrons. The first kappa shape index (κ1) is 18.9. The van der Waals surface area contributed by atoms with Gasteiger partial charge in [-0.1, -0.05) is 30.7 Å². The molecule has 6 nitrogen and oxygen atoms in total. The van der Waals surface area contributed by atoms with Crippen LogP contribution in [0.4, 0.5) is 0 Å². The predicted molar refractivity (Wildman–Crippen MR) is 94.7 cm³/mol. The summed E-state index contributed by atoms with van der Waals surface area (Å²) in [5, 5.41) is 2.73. The number of carbonyl (C=O) groups is 1. The Kier molecular flexibility index (Phi) is 6.37. The van der Waals surface area contributed by atoms with Crippen molar-refractivity contribution in [3.63, 3.8) is 0 Å². The maximum Gasteiger partial charge on any atom is 0.282 e. The Morgan fingerprint density at radius 3 is 2.62 bits per heavy atom. The van der Waals surface area contributed by atoms with Gasteiger partial charge in [0.1, 0.15) is 0 Å². The van der Waals surface area contributed by atoms with Gasteiger partial charge in [-0.25, -0.2) is 0 Å². The third-order valence-electron chi connectivity index (χ3n) is 4.21. The molecular weight excluding hydrogens is 326 g/mol. The van der Waals surface area contributed by atoms with E-state index in [2.05, 4.69) is 5.32 Å². The summed E-state index contributed by atoms with van der Waals surface area (Å²) in [4.78, 5) is 11.9. The first-order valence-electron chi connectivity index (χ1n) is 8.42. The van der Waals surface area contributed by atoms with E-state index < -0.39 is 10.2 Å². The summed E-state index contributed by atoms with van der Waals surface area (Å²) >= 11 is 0. The van der Waals surface area contributed by atoms with Crippen molar-refractivity contribution in [3.05, 3.63) is 34.9 Å². The van der Waals surface area contributed by atoms with Crippen LogP contribution < -0.4 is 5.32 Å². The minimum Gasteiger partial charge on any atom is -0.355 e. The summed E-state index contributed by atoms with van der Waals surface area (Å²) in [5.74, 6) is -0.242. The molecule has 0 unspecified atom stereocenters. The molecule has 0 aliphatic carbocycles. The van der Waals surface area contributed by atoms with E-state index in [4.69, 9.17) is 0 Å². The van der Waals surface area contributed by atoms with E-state index in [0.29, 0.717) is 26.2 Å². The monoisotopic (exact) mass is 353 g/mol. The number of aryl methyl sites for hydroxylation is 2. The maximum absolute atomic E-state index is 12.8. The van der Waals surface area contributed by atoms with Crippen LogP contribution in [0.2, 0.25) is 0 Å². The summed E-state index contributed by atoms with van der Waals surface area (Å²) in [6, 6.07) is 6.06. The Hall–Kier alpha value is -1.44. The predicted octanol–water partition coefficient (Wildman–Crippen LogP) is 1.58. The lowest BCUT2D eigenvalue weighted by atomic mass is 10.1. The maximum atomic E-state index is 12.8. The van der Waals surface area contributed by atoms with Gasteiger partial charge in [0.25, 0.3) is 10.2 Å². The number of nitrogens with one attached hydrogen (secondary N) is 1. The van der Waals surface area contributed by atoms with E-state index in [1.807, 2.05) is 39.0 Å². The minimum absolute atomic E-state index is 0.106. The van der Waals surface area contributed by atoms with Crippen molar-refractivity contribution < 1.29 is 13.2 Å². The van der Waals surface area contributed by atoms with Crippen LogP contribution in [0.15, 0.2) is 18.2 Å². The average Bonchev–Trinajstić information content (AvgIpc) is 2.53. The molecule has 1 aliphatic heterocycles. The summed E-state index contributed by atoms with van der Waals surface area (Å²) < 4.78 is 28.4. The topological polar surface area (TPSA) is 69.7 Å². The molecule has 1 aliphatic rings. The molecule has 0 aromatic heterocycles. The zero-order chi connectivity index (χ0) is 17.7. The van der Waals surface area contributed by atoms with Gasteiger partial charge in [-0.3, -0.25) is 4.79 Å². The van der Waals surface area contributed by atoms with Crippen LogP contribution in [-0.2, 0) is 21.5 Å². The molecule has 0 saturated carbocycles. The Bertz CT molecular complexity index is 688. The smallest absolute Gasteiger partial charge is 0.282 e. The van der Waals surface area contributed by atoms with Gasteiger partial charge < -0.3 is 5.32 Å². The Morgan fingerprint density at radius 2 is 1.92 bits per heavy atom. The second kappa shape index (κ2) is 8.09. The SMILES string of the molecule is CCCNC(=O)CN1CCCN(Cc2cc(C)ccc2C)S1(=O)=O. The van der Waals surface area contributed by atoms with Crippen molar-refractivity contribution in [2.75, 3.05) is 26.2 Å². The van der Waals surface area contributed by atoms with E-state index in [9.17, 15) is 13.2 Å². The normalized spacial score (nSPS) is 18.5. The average molecular weight is 353 g/mol. The lowest BCUT2D eigenvalue weighted by Gasteiger charge is -2.34. The highest BCUT2D eigenvalue weighted by Crippen LogP contribution is 2.21. The fraction of sp³-hybridized carbons (Fsp3) is 0.588. The van der Waals surface area contributed by atoms with Crippen LogP contribution in [0.3, 0.4) is 0 Å². The van der Waals surface area contributed by atoms with E-state index in [-0.39, 0.29) is 12.5 Å². The molecule has 1 amide bonds. The highest BCUT2D eigenvalue weighted by atomic mass is 32.2. The summed E-state index contributed by atoms with van der Waals surface area (Å²) in [6.07, 6.45) is 1.56. The van der Waals surface area contributed by atoms with Crippen molar-refractivity contribution >= 4 is 16.1 Å². The largest absolute Gasteiger partial charge is 0.355 e. The van der Waals surface area contributed by atoms with Gasteiger partial charge in [-0.05, 0) is 37.8 Å². The van der Waals surface area contributed by atoms with Crippen LogP contribution >= 0.6 is 0 Å². The van der Waals surface area contributed by atoms with Crippen molar-refractivity contribution in [2.45, 2.75) is 40.2 Å². The molecule has 1 aromatic carbocycles. The van der Waals surface area contributed by atoms with Gasteiger partial charge >= 0.3 is 0 Å². The lowest BCUT2D eigenvalue weighted by Crippen LogP contribution is -2.52. The number of rotatable bonds is 6. The quantitative estimate of drug-likeness (QED) is 0.844. The van der Waals surface area contributed by atoms with Crippen molar-refractivity contribution in [1.82, 2.24) is 13.9 Å². The summed E-state index contributed by atoms with van der Waals surface area (Å²) in [6.45, 7) is 7.64. The van der Waals surface area contributed by atoms with E-state index in [1.54, 1.807) is 0 Å². The molecule has 1 fully saturated rings. The molecule has 0 bridgehead atoms. The Morgan fingerprint density at radius 1 is 1.21 bits per heavy atom. The van der Waals surface area contributed by atoms with Gasteiger partial charge in [0.15, 0.2) is 0 Å². The Balaban J connectivity index is 2.11. The van der Waals surface area contributed by atoms with E-state index in [1.165, 1.54) is 8.61 Å². The van der Waals surface area contributed by atoms with Crippen molar-refractivity contribution in [3.8, 4) is 0 Å². The molecule has 7 heteroatoms. The number of nitrogens with zero attached hydrogens (tertiary/aromatic N) is 2. The van der Waals surface area contributed by atoms with Gasteiger partial charge in [-0.15, -0.1) is 0 Å². The number of hydrogen-bond donors (Lipinski definition) is 1. The molecule has 2 rings (SSSR count). The molecule has 1 aromatic rings. The first-order chi connectivity index (χ1) is 11.3. The molecule has 1 N–H and O–H groups in total. The van der Waals surface area contributed by atoms with E-state index in [0.717, 1.165) is 29.5 Å². The number of hydrogen-bond acceptors (Lipinski definition) is 3. The third-order valence-corrected chi connectivity index (χ3v) is 6.14. The second-order valence-corrected chi connectivity index (χ2v) is 8.24. The highest BCUT2D eigenvalue weighted by Gasteiger charge is 2.34. The first-order valence-corrected chi connectivity index (χ1v) is 9.82. The molecule has 24 heavy (non-hydrogen) atoms. The van der Waals surface area contributed by atoms with Crippen LogP contribution in [0, 0.1) is 13.8 Å². The van der Waals surface area contributed by atoms with Gasteiger partial charge in [0.05, 0.1) is 6.54 Å². The minimum atomic E-state index is -3.61. The fourth-order valence-electron chi connectivity index (χ4n) is 2.78. The zero-order valence-electron chi connectivity index (χ0n) is 14.7. The second-order valence-electron chi connectivity index (χ2n) is 6.31. The zero-order valence-corrected chi connectivity index (χ0v) is 15.5. The van der Waals surface area contributed by atoms with E-state index >= 15 is 0 Å². The molecule has 1 saturated heterocycles. The molecular formula is C17H27N3O3S. The Labute approximate surface area is 145 Å². The molecule has 0 atom stereocenters. The van der Waals surface area contributed by atoms with Gasteiger partial charge in [-0.2, -0.15) is 17.0 Å². The lowest BCUT2D eigenvalue weighted by molar-refractivity contribution is -0.121. The summed E-state index contributed by atoms with van der Waals surface area (Å²) in [5.41, 5.74) is 3.20. The van der Waals surface area contributed by atoms with Crippen LogP contribution in [-0.4, -0.2) is 49.1 Å². The molecule has 0 spiro atoms. The van der Waals surface area contributed by atoms with Crippen LogP contribution in [0.5, 0.6) is 0 Å². The number of benzene rings is 1. The van der Waals surface area contributed by atoms with Crippen molar-refractivity contribution in [2.24, 2.45) is 0 Å². The summed E-state index contributed by atoms with van der Waals surface area (Å²) in [7, 11) is -3.61. The van der Waals surface area contributed by atoms with Crippen molar-refractivity contribution in [1.29, 1.82) is 0 Å².